The summed E-state index contributed by atoms with van der Waals surface area (Å²) in [6, 6.07) is 18.4. The van der Waals surface area contributed by atoms with E-state index in [1.807, 2.05) is 37.3 Å². The van der Waals surface area contributed by atoms with Crippen molar-refractivity contribution >= 4 is 22.7 Å². The van der Waals surface area contributed by atoms with Crippen molar-refractivity contribution < 1.29 is 14.3 Å². The lowest BCUT2D eigenvalue weighted by Crippen LogP contribution is -2.26. The summed E-state index contributed by atoms with van der Waals surface area (Å²) in [6.45, 7) is 2.97. The number of carbonyl (C=O) groups excluding carboxylic acids is 2. The first-order chi connectivity index (χ1) is 16.0. The predicted octanol–water partition coefficient (Wildman–Crippen LogP) is 4.39. The fourth-order valence-electron chi connectivity index (χ4n) is 3.78. The van der Waals surface area contributed by atoms with Crippen LogP contribution < -0.4 is 10.5 Å². The van der Waals surface area contributed by atoms with Gasteiger partial charge >= 0.3 is 0 Å². The monoisotopic (exact) mass is 442 g/mol. The Morgan fingerprint density at radius 1 is 1.06 bits per heavy atom. The molecular formula is C26H26N4O3. The molecule has 0 unspecified atom stereocenters. The molecule has 3 N–H and O–H groups in total. The van der Waals surface area contributed by atoms with E-state index in [0.717, 1.165) is 34.0 Å². The van der Waals surface area contributed by atoms with Gasteiger partial charge in [-0.1, -0.05) is 37.3 Å². The number of nitrogens with zero attached hydrogens (tertiary/aromatic N) is 2. The SMILES string of the molecule is CCCOc1cc(C(=O)N(C)Cc2cccc3cn[nH]c23)ccc1-c1cccc(C(N)=O)c1. The van der Waals surface area contributed by atoms with Gasteiger partial charge in [-0.2, -0.15) is 5.10 Å². The van der Waals surface area contributed by atoms with Crippen molar-refractivity contribution in [3.05, 3.63) is 83.6 Å². The Morgan fingerprint density at radius 3 is 2.67 bits per heavy atom. The third-order valence-electron chi connectivity index (χ3n) is 5.47. The highest BCUT2D eigenvalue weighted by atomic mass is 16.5. The second-order valence-electron chi connectivity index (χ2n) is 7.92. The van der Waals surface area contributed by atoms with Crippen molar-refractivity contribution in [2.45, 2.75) is 19.9 Å². The third kappa shape index (κ3) is 4.72. The lowest BCUT2D eigenvalue weighted by atomic mass is 10.00. The number of amides is 2. The van der Waals surface area contributed by atoms with Crippen molar-refractivity contribution in [3.63, 3.8) is 0 Å². The van der Waals surface area contributed by atoms with E-state index in [-0.39, 0.29) is 5.91 Å². The molecule has 0 saturated carbocycles. The second kappa shape index (κ2) is 9.56. The van der Waals surface area contributed by atoms with E-state index in [2.05, 4.69) is 10.2 Å². The molecule has 4 aromatic rings. The number of primary amides is 1. The summed E-state index contributed by atoms with van der Waals surface area (Å²) in [5.74, 6) is -0.0210. The van der Waals surface area contributed by atoms with Gasteiger partial charge in [0.2, 0.25) is 5.91 Å². The van der Waals surface area contributed by atoms with Gasteiger partial charge < -0.3 is 15.4 Å². The van der Waals surface area contributed by atoms with Gasteiger partial charge in [0, 0.05) is 35.7 Å². The van der Waals surface area contributed by atoms with Crippen LogP contribution in [0.3, 0.4) is 0 Å². The Kier molecular flexibility index (Phi) is 6.40. The normalized spacial score (nSPS) is 10.8. The van der Waals surface area contributed by atoms with Gasteiger partial charge in [-0.25, -0.2) is 0 Å². The average Bonchev–Trinajstić information content (AvgIpc) is 3.32. The Morgan fingerprint density at radius 2 is 1.88 bits per heavy atom. The first kappa shape index (κ1) is 22.1. The number of benzene rings is 3. The van der Waals surface area contributed by atoms with Gasteiger partial charge in [-0.3, -0.25) is 14.7 Å². The summed E-state index contributed by atoms with van der Waals surface area (Å²) in [5, 5.41) is 8.10. The Bertz CT molecular complexity index is 1310. The van der Waals surface area contributed by atoms with Crippen LogP contribution in [-0.2, 0) is 6.54 Å². The van der Waals surface area contributed by atoms with Gasteiger partial charge in [0.05, 0.1) is 18.3 Å². The molecule has 0 aliphatic heterocycles. The van der Waals surface area contributed by atoms with Gasteiger partial charge in [0.1, 0.15) is 5.75 Å². The molecule has 0 spiro atoms. The molecule has 33 heavy (non-hydrogen) atoms. The lowest BCUT2D eigenvalue weighted by Gasteiger charge is -2.19. The first-order valence-corrected chi connectivity index (χ1v) is 10.8. The zero-order valence-corrected chi connectivity index (χ0v) is 18.7. The largest absolute Gasteiger partial charge is 0.493 e. The van der Waals surface area contributed by atoms with Crippen molar-refractivity contribution in [2.24, 2.45) is 5.73 Å². The minimum atomic E-state index is -0.492. The number of rotatable bonds is 8. The number of nitrogens with one attached hydrogen (secondary N) is 1. The maximum atomic E-state index is 13.2. The summed E-state index contributed by atoms with van der Waals surface area (Å²) in [7, 11) is 1.77. The molecule has 0 bridgehead atoms. The maximum absolute atomic E-state index is 13.2. The number of nitrogens with two attached hydrogens (primary N) is 1. The number of fused-ring (bicyclic) bond motifs is 1. The van der Waals surface area contributed by atoms with E-state index in [1.165, 1.54) is 0 Å². The molecule has 7 heteroatoms. The van der Waals surface area contributed by atoms with Crippen LogP contribution in [0.1, 0.15) is 39.6 Å². The molecule has 2 amide bonds. The van der Waals surface area contributed by atoms with Crippen LogP contribution in [0.25, 0.3) is 22.0 Å². The molecule has 3 aromatic carbocycles. The van der Waals surface area contributed by atoms with Gasteiger partial charge in [-0.05, 0) is 47.9 Å². The van der Waals surface area contributed by atoms with Crippen molar-refractivity contribution in [1.82, 2.24) is 15.1 Å². The van der Waals surface area contributed by atoms with Crippen LogP contribution in [-0.4, -0.2) is 40.6 Å². The van der Waals surface area contributed by atoms with E-state index >= 15 is 0 Å². The molecule has 0 atom stereocenters. The molecule has 168 valence electrons. The first-order valence-electron chi connectivity index (χ1n) is 10.8. The predicted molar refractivity (Wildman–Crippen MR) is 128 cm³/mol. The van der Waals surface area contributed by atoms with E-state index < -0.39 is 5.91 Å². The van der Waals surface area contributed by atoms with Crippen LogP contribution in [0.2, 0.25) is 0 Å². The molecule has 7 nitrogen and oxygen atoms in total. The summed E-state index contributed by atoms with van der Waals surface area (Å²) >= 11 is 0. The van der Waals surface area contributed by atoms with Gasteiger partial charge in [0.15, 0.2) is 0 Å². The van der Waals surface area contributed by atoms with E-state index in [0.29, 0.717) is 30.0 Å². The summed E-state index contributed by atoms with van der Waals surface area (Å²) in [6.07, 6.45) is 2.59. The quantitative estimate of drug-likeness (QED) is 0.422. The summed E-state index contributed by atoms with van der Waals surface area (Å²) < 4.78 is 5.98. The van der Waals surface area contributed by atoms with E-state index in [4.69, 9.17) is 10.5 Å². The fourth-order valence-corrected chi connectivity index (χ4v) is 3.78. The molecule has 0 aliphatic carbocycles. The van der Waals surface area contributed by atoms with Gasteiger partial charge in [0.25, 0.3) is 5.91 Å². The Hall–Kier alpha value is -4.13. The number of carbonyl (C=O) groups is 2. The molecule has 1 heterocycles. The van der Waals surface area contributed by atoms with Crippen LogP contribution in [0.5, 0.6) is 5.75 Å². The minimum Gasteiger partial charge on any atom is -0.493 e. The summed E-state index contributed by atoms with van der Waals surface area (Å²) in [5.41, 5.74) is 9.90. The second-order valence-corrected chi connectivity index (χ2v) is 7.92. The van der Waals surface area contributed by atoms with Crippen LogP contribution >= 0.6 is 0 Å². The zero-order chi connectivity index (χ0) is 23.4. The Balaban J connectivity index is 1.63. The minimum absolute atomic E-state index is 0.120. The van der Waals surface area contributed by atoms with Gasteiger partial charge in [-0.15, -0.1) is 0 Å². The number of hydrogen-bond acceptors (Lipinski definition) is 4. The maximum Gasteiger partial charge on any atom is 0.254 e. The molecule has 0 fully saturated rings. The molecule has 0 saturated heterocycles. The number of aromatic nitrogens is 2. The number of H-pyrrole nitrogens is 1. The number of ether oxygens (including phenoxy) is 1. The smallest absolute Gasteiger partial charge is 0.254 e. The molecule has 0 aliphatic rings. The summed E-state index contributed by atoms with van der Waals surface area (Å²) in [4.78, 5) is 26.5. The highest BCUT2D eigenvalue weighted by molar-refractivity contribution is 5.97. The zero-order valence-electron chi connectivity index (χ0n) is 18.7. The van der Waals surface area contributed by atoms with Crippen LogP contribution in [0.15, 0.2) is 66.9 Å². The Labute approximate surface area is 192 Å². The third-order valence-corrected chi connectivity index (χ3v) is 5.47. The van der Waals surface area contributed by atoms with Crippen molar-refractivity contribution in [3.8, 4) is 16.9 Å². The van der Waals surface area contributed by atoms with Crippen molar-refractivity contribution in [2.75, 3.05) is 13.7 Å². The van der Waals surface area contributed by atoms with E-state index in [9.17, 15) is 9.59 Å². The highest BCUT2D eigenvalue weighted by Gasteiger charge is 2.17. The van der Waals surface area contributed by atoms with Crippen LogP contribution in [0.4, 0.5) is 0 Å². The van der Waals surface area contributed by atoms with Crippen LogP contribution in [0, 0.1) is 0 Å². The molecule has 0 radical (unpaired) electrons. The lowest BCUT2D eigenvalue weighted by molar-refractivity contribution is 0.0785. The molecule has 1 aromatic heterocycles. The van der Waals surface area contributed by atoms with E-state index in [1.54, 1.807) is 48.5 Å². The molecular weight excluding hydrogens is 416 g/mol. The highest BCUT2D eigenvalue weighted by Crippen LogP contribution is 2.32. The topological polar surface area (TPSA) is 101 Å². The number of para-hydroxylation sites is 1. The standard InChI is InChI=1S/C26H26N4O3/c1-3-12-33-23-14-19(10-11-22(23)17-6-4-7-18(13-17)25(27)31)26(32)30(2)16-21-9-5-8-20-15-28-29-24(20)21/h4-11,13-15H,3,12,16H2,1-2H3,(H2,27,31)(H,28,29). The fraction of sp³-hybridized carbons (Fsp3) is 0.192. The number of hydrogen-bond donors (Lipinski definition) is 2. The average molecular weight is 443 g/mol. The van der Waals surface area contributed by atoms with Crippen molar-refractivity contribution in [1.29, 1.82) is 0 Å². The molecule has 4 rings (SSSR count). The number of aromatic amines is 1.